The van der Waals surface area contributed by atoms with Crippen molar-refractivity contribution in [1.82, 2.24) is 0 Å². The van der Waals surface area contributed by atoms with E-state index >= 15 is 0 Å². The van der Waals surface area contributed by atoms with E-state index in [2.05, 4.69) is 0 Å². The van der Waals surface area contributed by atoms with Crippen molar-refractivity contribution >= 4 is 203 Å². The van der Waals surface area contributed by atoms with Crippen LogP contribution in [0.1, 0.15) is 12.8 Å². The summed E-state index contributed by atoms with van der Waals surface area (Å²) in [5.41, 5.74) is 0. The van der Waals surface area contributed by atoms with E-state index in [1.165, 1.54) is 0 Å². The fourth-order valence-electron chi connectivity index (χ4n) is 3.81. The van der Waals surface area contributed by atoms with Crippen LogP contribution in [-0.2, 0) is 14.4 Å². The van der Waals surface area contributed by atoms with E-state index in [-0.39, 0.29) is 0 Å². The number of rotatable bonds is 4. The van der Waals surface area contributed by atoms with E-state index in [1.807, 2.05) is 0 Å². The Balaban J connectivity index is 2.90. The molecule has 2 N–H and O–H groups in total. The Bertz CT molecular complexity index is 949. The molecular weight excluding hydrogens is 827 g/mol. The van der Waals surface area contributed by atoms with E-state index in [1.54, 1.807) is 0 Å². The third-order valence-electron chi connectivity index (χ3n) is 5.90. The van der Waals surface area contributed by atoms with Gasteiger partial charge in [0, 0.05) is 12.8 Å². The van der Waals surface area contributed by atoms with Crippen LogP contribution in [0, 0.1) is 0 Å². The molecule has 2 aliphatic carbocycles. The van der Waals surface area contributed by atoms with Crippen molar-refractivity contribution < 1.29 is 24.6 Å². The SMILES string of the molecule is O=C(C1(Cl)CC(Cl)(Cl)C(Cl)(C(=O)O)C(Cl)(Cl)C1(Cl)Cl)C1(Cl)CC(Cl)(Cl)C(Cl)(C(=O)O)C(Cl)(Cl)C1(Cl)Cl. The van der Waals surface area contributed by atoms with Gasteiger partial charge in [0.25, 0.3) is 0 Å². The molecule has 4 atom stereocenters. The molecule has 0 saturated heterocycles. The van der Waals surface area contributed by atoms with Crippen LogP contribution in [0.25, 0.3) is 0 Å². The zero-order valence-electron chi connectivity index (χ0n) is 16.1. The monoisotopic (exact) mass is 826 g/mol. The summed E-state index contributed by atoms with van der Waals surface area (Å²) in [6.07, 6.45) is -2.46. The summed E-state index contributed by atoms with van der Waals surface area (Å²) < 4.78 is -18.2. The first-order valence-corrected chi connectivity index (χ1v) is 14.5. The molecule has 2 aliphatic rings. The molecule has 0 heterocycles. The predicted octanol–water partition coefficient (Wildman–Crippen LogP) is 8.49. The molecule has 0 aromatic carbocycles. The van der Waals surface area contributed by atoms with Crippen LogP contribution < -0.4 is 0 Å². The van der Waals surface area contributed by atoms with Crippen molar-refractivity contribution in [3.05, 3.63) is 0 Å². The molecule has 0 bridgehead atoms. The van der Waals surface area contributed by atoms with Crippen LogP contribution in [0.5, 0.6) is 0 Å². The highest BCUT2D eigenvalue weighted by molar-refractivity contribution is 6.77. The molecule has 2 fully saturated rings. The van der Waals surface area contributed by atoms with Crippen molar-refractivity contribution in [2.24, 2.45) is 0 Å². The summed E-state index contributed by atoms with van der Waals surface area (Å²) in [5.74, 6) is -5.67. The van der Waals surface area contributed by atoms with Gasteiger partial charge in [-0.15, -0.1) is 23.2 Å². The van der Waals surface area contributed by atoms with Crippen molar-refractivity contribution in [3.8, 4) is 0 Å². The van der Waals surface area contributed by atoms with Gasteiger partial charge in [0.05, 0.1) is 0 Å². The maximum Gasteiger partial charge on any atom is 0.331 e. The molecule has 4 unspecified atom stereocenters. The molecule has 0 spiro atoms. The fourth-order valence-corrected chi connectivity index (χ4v) is 10.8. The molecule has 0 aromatic heterocycles. The van der Waals surface area contributed by atoms with Crippen molar-refractivity contribution in [1.29, 1.82) is 0 Å². The van der Waals surface area contributed by atoms with Gasteiger partial charge in [0.1, 0.15) is 9.75 Å². The molecular formula is C15H6Cl16O5. The van der Waals surface area contributed by atoms with Crippen LogP contribution in [0.3, 0.4) is 0 Å². The molecule has 0 radical (unpaired) electrons. The second kappa shape index (κ2) is 9.63. The Labute approximate surface area is 283 Å². The van der Waals surface area contributed by atoms with E-state index in [0.717, 1.165) is 0 Å². The van der Waals surface area contributed by atoms with E-state index < -0.39 is 76.1 Å². The normalized spacial score (nSPS) is 41.8. The van der Waals surface area contributed by atoms with Gasteiger partial charge in [-0.1, -0.05) is 162 Å². The lowest BCUT2D eigenvalue weighted by Gasteiger charge is -2.62. The van der Waals surface area contributed by atoms with Gasteiger partial charge < -0.3 is 10.2 Å². The van der Waals surface area contributed by atoms with Gasteiger partial charge in [-0.2, -0.15) is 0 Å². The standard InChI is InChI=1S/C15H6Cl16O5/c16-6(1-8(18,19)10(22,4(33)34)14(28,29)12(6,24)25)3(32)7(17)2-9(20,21)11(23,5(35)36)15(30,31)13(7,26)27/h1-2H2,(H,33,34)(H,35,36). The van der Waals surface area contributed by atoms with Crippen molar-refractivity contribution in [3.63, 3.8) is 0 Å². The number of carbonyl (C=O) groups is 3. The topological polar surface area (TPSA) is 91.7 Å². The summed E-state index contributed by atoms with van der Waals surface area (Å²) in [6, 6.07) is 0. The molecule has 21 heteroatoms. The summed E-state index contributed by atoms with van der Waals surface area (Å²) in [7, 11) is 0. The van der Waals surface area contributed by atoms with Gasteiger partial charge in [-0.05, 0) is 0 Å². The Kier molecular flexibility index (Phi) is 9.48. The van der Waals surface area contributed by atoms with Gasteiger partial charge in [-0.25, -0.2) is 0 Å². The second-order valence-corrected chi connectivity index (χ2v) is 18.6. The predicted molar refractivity (Wildman–Crippen MR) is 150 cm³/mol. The zero-order valence-corrected chi connectivity index (χ0v) is 28.2. The Morgan fingerprint density at radius 3 is 0.861 bits per heavy atom. The lowest BCUT2D eigenvalue weighted by Crippen LogP contribution is -2.82. The van der Waals surface area contributed by atoms with Gasteiger partial charge in [0.15, 0.2) is 31.8 Å². The summed E-state index contributed by atoms with van der Waals surface area (Å²) >= 11 is 100. The lowest BCUT2D eigenvalue weighted by atomic mass is 9.68. The number of hydrogen-bond acceptors (Lipinski definition) is 3. The molecule has 208 valence electrons. The third-order valence-corrected chi connectivity index (χ3v) is 16.9. The smallest absolute Gasteiger partial charge is 0.331 e. The van der Waals surface area contributed by atoms with E-state index in [4.69, 9.17) is 186 Å². The number of alkyl halides is 16. The molecule has 5 nitrogen and oxygen atoms in total. The van der Waals surface area contributed by atoms with Crippen molar-refractivity contribution in [2.45, 2.75) is 58.3 Å². The highest BCUT2D eigenvalue weighted by Gasteiger charge is 2.89. The number of aliphatic carboxylic acids is 2. The zero-order chi connectivity index (χ0) is 29.1. The Hall–Kier alpha value is 3.25. The number of halogens is 16. The Morgan fingerprint density at radius 2 is 0.667 bits per heavy atom. The van der Waals surface area contributed by atoms with Gasteiger partial charge >= 0.3 is 11.9 Å². The number of hydrogen-bond donors (Lipinski definition) is 2. The fraction of sp³-hybridized carbons (Fsp3) is 0.800. The summed E-state index contributed by atoms with van der Waals surface area (Å²) in [6.45, 7) is 0. The average molecular weight is 833 g/mol. The van der Waals surface area contributed by atoms with Crippen LogP contribution >= 0.6 is 186 Å². The molecule has 0 amide bonds. The first-order chi connectivity index (χ1) is 15.5. The molecule has 0 aliphatic heterocycles. The van der Waals surface area contributed by atoms with Crippen LogP contribution in [0.2, 0.25) is 0 Å². The van der Waals surface area contributed by atoms with Crippen LogP contribution in [-0.4, -0.2) is 73.4 Å². The number of carbonyl (C=O) groups excluding carboxylic acids is 1. The van der Waals surface area contributed by atoms with Crippen LogP contribution in [0.15, 0.2) is 0 Å². The second-order valence-electron chi connectivity index (χ2n) is 7.92. The highest BCUT2D eigenvalue weighted by Crippen LogP contribution is 2.75. The highest BCUT2D eigenvalue weighted by atomic mass is 35.6. The molecule has 2 saturated carbocycles. The minimum absolute atomic E-state index is 1.23. The number of ketones is 1. The molecule has 0 aromatic rings. The van der Waals surface area contributed by atoms with E-state index in [9.17, 15) is 24.6 Å². The maximum atomic E-state index is 14.1. The third kappa shape index (κ3) is 3.95. The molecule has 2 rings (SSSR count). The first kappa shape index (κ1) is 35.4. The first-order valence-electron chi connectivity index (χ1n) is 8.50. The Morgan fingerprint density at radius 1 is 0.444 bits per heavy atom. The largest absolute Gasteiger partial charge is 0.480 e. The van der Waals surface area contributed by atoms with Crippen molar-refractivity contribution in [2.75, 3.05) is 0 Å². The molecule has 36 heavy (non-hydrogen) atoms. The summed E-state index contributed by atoms with van der Waals surface area (Å²) in [4.78, 5) is 25.9. The number of carboxylic acid groups (broad SMARTS) is 2. The number of carboxylic acids is 2. The summed E-state index contributed by atoms with van der Waals surface area (Å²) in [5, 5.41) is 19.4. The maximum absolute atomic E-state index is 14.1. The van der Waals surface area contributed by atoms with Gasteiger partial charge in [0.2, 0.25) is 9.75 Å². The van der Waals surface area contributed by atoms with E-state index in [0.29, 0.717) is 0 Å². The quantitative estimate of drug-likeness (QED) is 0.278. The van der Waals surface area contributed by atoms with Crippen LogP contribution in [0.4, 0.5) is 0 Å². The van der Waals surface area contributed by atoms with Gasteiger partial charge in [-0.3, -0.25) is 14.4 Å². The average Bonchev–Trinajstić information content (AvgIpc) is 2.67. The lowest BCUT2D eigenvalue weighted by molar-refractivity contribution is -0.143. The minimum Gasteiger partial charge on any atom is -0.480 e. The minimum atomic E-state index is -3.17. The number of Topliss-reactive ketones (excluding diaryl/α,β-unsaturated/α-hetero) is 1.